The summed E-state index contributed by atoms with van der Waals surface area (Å²) in [6.45, 7) is 1.71. The normalized spacial score (nSPS) is 15.9. The fraction of sp³-hybridized carbons (Fsp3) is 0.294. The fourth-order valence-corrected chi connectivity index (χ4v) is 3.05. The van der Waals surface area contributed by atoms with E-state index in [0.717, 1.165) is 24.6 Å². The van der Waals surface area contributed by atoms with Gasteiger partial charge >= 0.3 is 0 Å². The summed E-state index contributed by atoms with van der Waals surface area (Å²) in [6.07, 6.45) is 2.47. The van der Waals surface area contributed by atoms with Gasteiger partial charge in [0.05, 0.1) is 0 Å². The zero-order valence-corrected chi connectivity index (χ0v) is 13.1. The van der Waals surface area contributed by atoms with Crippen molar-refractivity contribution >= 4 is 16.7 Å². The van der Waals surface area contributed by atoms with Crippen molar-refractivity contribution in [2.75, 3.05) is 0 Å². The number of H-pyrrole nitrogens is 1. The van der Waals surface area contributed by atoms with Crippen LogP contribution in [0.1, 0.15) is 41.5 Å². The quantitative estimate of drug-likeness (QED) is 0.767. The second-order valence-corrected chi connectivity index (χ2v) is 6.13. The zero-order valence-electron chi connectivity index (χ0n) is 13.1. The first-order valence-electron chi connectivity index (χ1n) is 7.83. The van der Waals surface area contributed by atoms with Crippen molar-refractivity contribution < 1.29 is 9.32 Å². The first kappa shape index (κ1) is 14.6. The van der Waals surface area contributed by atoms with Crippen LogP contribution in [0.2, 0.25) is 0 Å². The van der Waals surface area contributed by atoms with E-state index in [9.17, 15) is 9.59 Å². The maximum absolute atomic E-state index is 12.7. The number of pyridine rings is 1. The molecule has 0 bridgehead atoms. The average Bonchev–Trinajstić information content (AvgIpc) is 2.97. The van der Waals surface area contributed by atoms with Crippen LogP contribution in [0, 0.1) is 6.92 Å². The highest BCUT2D eigenvalue weighted by molar-refractivity contribution is 5.96. The Morgan fingerprint density at radius 1 is 1.33 bits per heavy atom. The maximum Gasteiger partial charge on any atom is 0.268 e. The topological polar surface area (TPSA) is 101 Å². The summed E-state index contributed by atoms with van der Waals surface area (Å²) in [5.74, 6) is 0.604. The van der Waals surface area contributed by atoms with Gasteiger partial charge in [0.15, 0.2) is 5.82 Å². The summed E-state index contributed by atoms with van der Waals surface area (Å²) in [5.41, 5.74) is -0.668. The van der Waals surface area contributed by atoms with Crippen LogP contribution < -0.4 is 10.9 Å². The zero-order chi connectivity index (χ0) is 16.7. The third kappa shape index (κ3) is 2.29. The van der Waals surface area contributed by atoms with Crippen molar-refractivity contribution in [2.45, 2.75) is 31.7 Å². The number of carbonyl (C=O) groups excluding carboxylic acids is 1. The summed E-state index contributed by atoms with van der Waals surface area (Å²) >= 11 is 0. The van der Waals surface area contributed by atoms with Gasteiger partial charge in [0.25, 0.3) is 11.5 Å². The predicted molar refractivity (Wildman–Crippen MR) is 86.6 cm³/mol. The molecule has 24 heavy (non-hydrogen) atoms. The van der Waals surface area contributed by atoms with E-state index >= 15 is 0 Å². The first-order valence-corrected chi connectivity index (χ1v) is 7.83. The molecule has 7 heteroatoms. The predicted octanol–water partition coefficient (Wildman–Crippen LogP) is 2.03. The standard InChI is InChI=1S/C17H16N4O3/c1-10-18-16(21-24-10)17(7-4-8-17)20-15(23)13-9-11-5-2-3-6-12(11)14(22)19-13/h2-3,5-6,9H,4,7-8H2,1H3,(H,19,22)(H,20,23). The Labute approximate surface area is 137 Å². The lowest BCUT2D eigenvalue weighted by molar-refractivity contribution is 0.0799. The summed E-state index contributed by atoms with van der Waals surface area (Å²) in [5, 5.41) is 8.21. The third-order valence-corrected chi connectivity index (χ3v) is 4.51. The molecule has 0 aliphatic heterocycles. The van der Waals surface area contributed by atoms with Crippen molar-refractivity contribution in [1.29, 1.82) is 0 Å². The Hall–Kier alpha value is -2.96. The van der Waals surface area contributed by atoms with E-state index in [0.29, 0.717) is 17.1 Å². The minimum absolute atomic E-state index is 0.227. The number of aromatic amines is 1. The van der Waals surface area contributed by atoms with Crippen molar-refractivity contribution in [3.63, 3.8) is 0 Å². The van der Waals surface area contributed by atoms with Gasteiger partial charge in [-0.3, -0.25) is 9.59 Å². The number of fused-ring (bicyclic) bond motifs is 1. The molecule has 0 radical (unpaired) electrons. The molecule has 7 nitrogen and oxygen atoms in total. The Kier molecular flexibility index (Phi) is 3.23. The SMILES string of the molecule is Cc1nc(C2(NC(=O)c3cc4ccccc4c(=O)[nH]3)CCC2)no1. The van der Waals surface area contributed by atoms with Crippen molar-refractivity contribution in [3.8, 4) is 0 Å². The van der Waals surface area contributed by atoms with Crippen LogP contribution in [0.5, 0.6) is 0 Å². The molecule has 2 heterocycles. The third-order valence-electron chi connectivity index (χ3n) is 4.51. The van der Waals surface area contributed by atoms with Gasteiger partial charge in [0, 0.05) is 12.3 Å². The minimum Gasteiger partial charge on any atom is -0.340 e. The highest BCUT2D eigenvalue weighted by Crippen LogP contribution is 2.39. The largest absolute Gasteiger partial charge is 0.340 e. The number of nitrogens with zero attached hydrogens (tertiary/aromatic N) is 2. The number of hydrogen-bond acceptors (Lipinski definition) is 5. The summed E-state index contributed by atoms with van der Waals surface area (Å²) in [6, 6.07) is 8.84. The summed E-state index contributed by atoms with van der Waals surface area (Å²) < 4.78 is 5.04. The molecule has 1 fully saturated rings. The number of benzene rings is 1. The molecule has 1 aliphatic carbocycles. The molecule has 0 saturated heterocycles. The lowest BCUT2D eigenvalue weighted by atomic mass is 9.76. The van der Waals surface area contributed by atoms with Crippen LogP contribution in [0.15, 0.2) is 39.6 Å². The molecule has 3 aromatic rings. The molecule has 2 N–H and O–H groups in total. The molecule has 1 saturated carbocycles. The Morgan fingerprint density at radius 3 is 2.79 bits per heavy atom. The molecule has 0 atom stereocenters. The molecule has 1 aliphatic rings. The number of nitrogens with one attached hydrogen (secondary N) is 2. The second kappa shape index (κ2) is 5.30. The minimum atomic E-state index is -0.614. The number of hydrogen-bond donors (Lipinski definition) is 2. The number of amides is 1. The van der Waals surface area contributed by atoms with Crippen LogP contribution in [-0.2, 0) is 5.54 Å². The van der Waals surface area contributed by atoms with Crippen LogP contribution >= 0.6 is 0 Å². The van der Waals surface area contributed by atoms with Gasteiger partial charge in [-0.1, -0.05) is 23.4 Å². The van der Waals surface area contributed by atoms with Gasteiger partial charge in [-0.2, -0.15) is 4.98 Å². The van der Waals surface area contributed by atoms with Crippen molar-refractivity contribution in [2.24, 2.45) is 0 Å². The van der Waals surface area contributed by atoms with Crippen LogP contribution in [0.3, 0.4) is 0 Å². The molecule has 122 valence electrons. The van der Waals surface area contributed by atoms with Crippen molar-refractivity contribution in [3.05, 3.63) is 58.1 Å². The molecule has 0 unspecified atom stereocenters. The molecule has 1 amide bonds. The number of aryl methyl sites for hydroxylation is 1. The highest BCUT2D eigenvalue weighted by Gasteiger charge is 2.44. The molecule has 2 aromatic heterocycles. The monoisotopic (exact) mass is 324 g/mol. The lowest BCUT2D eigenvalue weighted by Gasteiger charge is -2.39. The van der Waals surface area contributed by atoms with Crippen LogP contribution in [0.4, 0.5) is 0 Å². The van der Waals surface area contributed by atoms with E-state index in [4.69, 9.17) is 4.52 Å². The summed E-state index contributed by atoms with van der Waals surface area (Å²) in [4.78, 5) is 31.7. The van der Waals surface area contributed by atoms with Crippen LogP contribution in [-0.4, -0.2) is 21.0 Å². The molecular formula is C17H16N4O3. The van der Waals surface area contributed by atoms with Crippen molar-refractivity contribution in [1.82, 2.24) is 20.4 Å². The Balaban J connectivity index is 1.68. The van der Waals surface area contributed by atoms with Gasteiger partial charge in [-0.15, -0.1) is 0 Å². The van der Waals surface area contributed by atoms with E-state index in [1.165, 1.54) is 0 Å². The van der Waals surface area contributed by atoms with Gasteiger partial charge in [0.2, 0.25) is 5.89 Å². The smallest absolute Gasteiger partial charge is 0.268 e. The van der Waals surface area contributed by atoms with Crippen LogP contribution in [0.25, 0.3) is 10.8 Å². The Bertz CT molecular complexity index is 985. The number of aromatic nitrogens is 3. The summed E-state index contributed by atoms with van der Waals surface area (Å²) in [7, 11) is 0. The maximum atomic E-state index is 12.7. The molecular weight excluding hydrogens is 308 g/mol. The van der Waals surface area contributed by atoms with Gasteiger partial charge < -0.3 is 14.8 Å². The molecule has 0 spiro atoms. The lowest BCUT2D eigenvalue weighted by Crippen LogP contribution is -2.51. The highest BCUT2D eigenvalue weighted by atomic mass is 16.5. The van der Waals surface area contributed by atoms with E-state index in [2.05, 4.69) is 20.4 Å². The average molecular weight is 324 g/mol. The number of rotatable bonds is 3. The van der Waals surface area contributed by atoms with E-state index in [1.807, 2.05) is 12.1 Å². The fourth-order valence-electron chi connectivity index (χ4n) is 3.05. The number of carbonyl (C=O) groups is 1. The molecule has 1 aromatic carbocycles. The van der Waals surface area contributed by atoms with Gasteiger partial charge in [-0.25, -0.2) is 0 Å². The Morgan fingerprint density at radius 2 is 2.12 bits per heavy atom. The van der Waals surface area contributed by atoms with E-state index < -0.39 is 5.54 Å². The van der Waals surface area contributed by atoms with E-state index in [1.54, 1.807) is 25.1 Å². The first-order chi connectivity index (χ1) is 11.6. The van der Waals surface area contributed by atoms with Gasteiger partial charge in [0.1, 0.15) is 11.2 Å². The van der Waals surface area contributed by atoms with Gasteiger partial charge in [-0.05, 0) is 36.8 Å². The van der Waals surface area contributed by atoms with E-state index in [-0.39, 0.29) is 17.2 Å². The second-order valence-electron chi connectivity index (χ2n) is 6.13. The molecule has 4 rings (SSSR count).